The predicted molar refractivity (Wildman–Crippen MR) is 93.7 cm³/mol. The largest absolute Gasteiger partial charge is 0.462 e. The molecule has 0 radical (unpaired) electrons. The van der Waals surface area contributed by atoms with Gasteiger partial charge in [-0.2, -0.15) is 0 Å². The molecule has 0 spiro atoms. The van der Waals surface area contributed by atoms with Gasteiger partial charge in [0.25, 0.3) is 0 Å². The molecule has 0 bridgehead atoms. The Balaban J connectivity index is 1.63. The second-order valence-electron chi connectivity index (χ2n) is 9.05. The summed E-state index contributed by atoms with van der Waals surface area (Å²) in [6, 6.07) is 0. The summed E-state index contributed by atoms with van der Waals surface area (Å²) >= 11 is 0. The first-order valence-electron chi connectivity index (χ1n) is 9.91. The van der Waals surface area contributed by atoms with Crippen molar-refractivity contribution >= 4 is 11.8 Å². The Morgan fingerprint density at radius 2 is 2.08 bits per heavy atom. The maximum absolute atomic E-state index is 12.5. The second-order valence-corrected chi connectivity index (χ2v) is 9.05. The zero-order valence-electron chi connectivity index (χ0n) is 15.4. The normalized spacial score (nSPS) is 45.9. The van der Waals surface area contributed by atoms with Gasteiger partial charge in [-0.05, 0) is 56.3 Å². The van der Waals surface area contributed by atoms with E-state index in [-0.39, 0.29) is 29.5 Å². The molecule has 4 nitrogen and oxygen atoms in total. The van der Waals surface area contributed by atoms with Gasteiger partial charge >= 0.3 is 5.97 Å². The molecule has 0 aromatic heterocycles. The van der Waals surface area contributed by atoms with E-state index in [4.69, 9.17) is 4.74 Å². The average Bonchev–Trinajstić information content (AvgIpc) is 2.89. The summed E-state index contributed by atoms with van der Waals surface area (Å²) < 4.78 is 5.46. The number of hydrogen-bond acceptors (Lipinski definition) is 4. The molecule has 4 aliphatic carbocycles. The molecular formula is C21H30O4. The molecule has 4 heteroatoms. The molecule has 6 unspecified atom stereocenters. The Morgan fingerprint density at radius 3 is 2.80 bits per heavy atom. The number of carbonyl (C=O) groups is 2. The van der Waals surface area contributed by atoms with Crippen LogP contribution in [0.2, 0.25) is 0 Å². The van der Waals surface area contributed by atoms with E-state index >= 15 is 0 Å². The van der Waals surface area contributed by atoms with Crippen molar-refractivity contribution < 1.29 is 19.4 Å². The third-order valence-electron chi connectivity index (χ3n) is 8.11. The van der Waals surface area contributed by atoms with E-state index in [9.17, 15) is 14.7 Å². The van der Waals surface area contributed by atoms with Crippen molar-refractivity contribution in [1.29, 1.82) is 0 Å². The Kier molecular flexibility index (Phi) is 4.10. The van der Waals surface area contributed by atoms with Gasteiger partial charge in [-0.15, -0.1) is 0 Å². The first-order valence-corrected chi connectivity index (χ1v) is 9.91. The van der Waals surface area contributed by atoms with Crippen LogP contribution in [0.4, 0.5) is 0 Å². The number of ketones is 1. The van der Waals surface area contributed by atoms with Crippen molar-refractivity contribution in [2.75, 3.05) is 6.61 Å². The first kappa shape index (κ1) is 17.3. The van der Waals surface area contributed by atoms with Crippen molar-refractivity contribution in [2.24, 2.45) is 28.6 Å². The maximum Gasteiger partial charge on any atom is 0.302 e. The lowest BCUT2D eigenvalue weighted by molar-refractivity contribution is -0.149. The SMILES string of the molecule is CC(=O)OC1CCC2(CO)C(=CCC3C4CCC(=O)C4(C)CCC32)C1. The van der Waals surface area contributed by atoms with Crippen LogP contribution in [0.25, 0.3) is 0 Å². The van der Waals surface area contributed by atoms with Crippen LogP contribution in [0.1, 0.15) is 65.2 Å². The van der Waals surface area contributed by atoms with E-state index in [1.807, 2.05) is 0 Å². The summed E-state index contributed by atoms with van der Waals surface area (Å²) in [5.74, 6) is 1.72. The predicted octanol–water partition coefficient (Wildman–Crippen LogP) is 3.42. The number of allylic oxidation sites excluding steroid dienone is 1. The molecule has 0 amide bonds. The highest BCUT2D eigenvalue weighted by Gasteiger charge is 2.59. The number of esters is 1. The molecule has 6 atom stereocenters. The minimum Gasteiger partial charge on any atom is -0.462 e. The number of fused-ring (bicyclic) bond motifs is 5. The fourth-order valence-corrected chi connectivity index (χ4v) is 6.82. The zero-order valence-corrected chi connectivity index (χ0v) is 15.4. The van der Waals surface area contributed by atoms with E-state index < -0.39 is 0 Å². The molecule has 0 aromatic carbocycles. The van der Waals surface area contributed by atoms with E-state index in [2.05, 4.69) is 13.0 Å². The molecule has 3 fully saturated rings. The quantitative estimate of drug-likeness (QED) is 0.615. The molecule has 0 saturated heterocycles. The van der Waals surface area contributed by atoms with E-state index in [1.165, 1.54) is 12.5 Å². The number of aliphatic hydroxyl groups is 1. The van der Waals surface area contributed by atoms with Crippen LogP contribution in [-0.2, 0) is 14.3 Å². The van der Waals surface area contributed by atoms with Crippen molar-refractivity contribution in [2.45, 2.75) is 71.3 Å². The van der Waals surface area contributed by atoms with Gasteiger partial charge in [0.15, 0.2) is 0 Å². The van der Waals surface area contributed by atoms with Crippen LogP contribution in [0, 0.1) is 28.6 Å². The van der Waals surface area contributed by atoms with Crippen LogP contribution in [-0.4, -0.2) is 29.6 Å². The highest BCUT2D eigenvalue weighted by Crippen LogP contribution is 2.64. The standard InChI is InChI=1S/C21H30O4/c1-13(23)25-15-7-10-21(12-22)14(11-15)3-4-16-17-5-6-19(24)20(17,2)9-8-18(16)21/h3,15-18,22H,4-12H2,1-2H3. The van der Waals surface area contributed by atoms with Crippen LogP contribution in [0.15, 0.2) is 11.6 Å². The van der Waals surface area contributed by atoms with Gasteiger partial charge in [0.05, 0.1) is 6.61 Å². The van der Waals surface area contributed by atoms with Gasteiger partial charge in [-0.1, -0.05) is 18.6 Å². The average molecular weight is 346 g/mol. The first-order chi connectivity index (χ1) is 11.9. The van der Waals surface area contributed by atoms with Gasteiger partial charge < -0.3 is 9.84 Å². The molecule has 3 saturated carbocycles. The molecule has 0 aromatic rings. The lowest BCUT2D eigenvalue weighted by Gasteiger charge is -2.57. The van der Waals surface area contributed by atoms with Crippen LogP contribution < -0.4 is 0 Å². The number of rotatable bonds is 2. The maximum atomic E-state index is 12.5. The molecule has 0 aliphatic heterocycles. The van der Waals surface area contributed by atoms with Gasteiger partial charge in [-0.3, -0.25) is 9.59 Å². The van der Waals surface area contributed by atoms with Crippen molar-refractivity contribution in [3.63, 3.8) is 0 Å². The van der Waals surface area contributed by atoms with E-state index in [1.54, 1.807) is 0 Å². The van der Waals surface area contributed by atoms with Crippen molar-refractivity contribution in [3.05, 3.63) is 11.6 Å². The number of Topliss-reactive ketones (excluding diaryl/α,β-unsaturated/α-hetero) is 1. The Morgan fingerprint density at radius 1 is 1.28 bits per heavy atom. The van der Waals surface area contributed by atoms with Gasteiger partial charge in [-0.25, -0.2) is 0 Å². The molecule has 1 N–H and O–H groups in total. The Bertz CT molecular complexity index is 623. The van der Waals surface area contributed by atoms with E-state index in [0.717, 1.165) is 51.4 Å². The third-order valence-corrected chi connectivity index (χ3v) is 8.11. The lowest BCUT2D eigenvalue weighted by Crippen LogP contribution is -2.53. The summed E-state index contributed by atoms with van der Waals surface area (Å²) in [6.07, 6.45) is 9.57. The van der Waals surface area contributed by atoms with Gasteiger partial charge in [0, 0.05) is 30.6 Å². The molecule has 4 aliphatic rings. The monoisotopic (exact) mass is 346 g/mol. The Hall–Kier alpha value is -1.16. The smallest absolute Gasteiger partial charge is 0.302 e. The Labute approximate surface area is 150 Å². The number of hydrogen-bond donors (Lipinski definition) is 1. The topological polar surface area (TPSA) is 63.6 Å². The minimum atomic E-state index is -0.214. The second kappa shape index (κ2) is 5.94. The lowest BCUT2D eigenvalue weighted by atomic mass is 9.47. The van der Waals surface area contributed by atoms with Crippen LogP contribution in [0.5, 0.6) is 0 Å². The minimum absolute atomic E-state index is 0.0399. The number of carbonyl (C=O) groups excluding carboxylic acids is 2. The highest BCUT2D eigenvalue weighted by atomic mass is 16.5. The highest BCUT2D eigenvalue weighted by molar-refractivity contribution is 5.87. The number of aliphatic hydroxyl groups excluding tert-OH is 1. The fourth-order valence-electron chi connectivity index (χ4n) is 6.82. The summed E-state index contributed by atoms with van der Waals surface area (Å²) in [7, 11) is 0. The zero-order chi connectivity index (χ0) is 17.8. The van der Waals surface area contributed by atoms with Gasteiger partial charge in [0.2, 0.25) is 0 Å². The van der Waals surface area contributed by atoms with Gasteiger partial charge in [0.1, 0.15) is 11.9 Å². The molecular weight excluding hydrogens is 316 g/mol. The molecule has 25 heavy (non-hydrogen) atoms. The van der Waals surface area contributed by atoms with Crippen LogP contribution >= 0.6 is 0 Å². The molecule has 0 heterocycles. The third kappa shape index (κ3) is 2.43. The summed E-state index contributed by atoms with van der Waals surface area (Å²) in [4.78, 5) is 23.8. The molecule has 4 rings (SSSR count). The summed E-state index contributed by atoms with van der Waals surface area (Å²) in [5.41, 5.74) is 1.03. The molecule has 138 valence electrons. The fraction of sp³-hybridized carbons (Fsp3) is 0.810. The summed E-state index contributed by atoms with van der Waals surface area (Å²) in [6.45, 7) is 3.84. The summed E-state index contributed by atoms with van der Waals surface area (Å²) in [5, 5.41) is 10.4. The van der Waals surface area contributed by atoms with Crippen LogP contribution in [0.3, 0.4) is 0 Å². The van der Waals surface area contributed by atoms with Crippen molar-refractivity contribution in [1.82, 2.24) is 0 Å². The van der Waals surface area contributed by atoms with E-state index in [0.29, 0.717) is 23.5 Å². The number of ether oxygens (including phenoxy) is 1. The van der Waals surface area contributed by atoms with Crippen molar-refractivity contribution in [3.8, 4) is 0 Å².